The molecular weight excluding hydrogens is 326 g/mol. The van der Waals surface area contributed by atoms with Gasteiger partial charge in [-0.05, 0) is 25.2 Å². The molecule has 0 amide bonds. The lowest BCUT2D eigenvalue weighted by atomic mass is 9.98. The third kappa shape index (κ3) is 6.31. The third-order valence-electron chi connectivity index (χ3n) is 4.97. The van der Waals surface area contributed by atoms with Crippen LogP contribution >= 0.6 is 0 Å². The van der Waals surface area contributed by atoms with E-state index >= 15 is 0 Å². The molecule has 1 saturated carbocycles. The molecule has 0 aromatic carbocycles. The number of hydrogen-bond donors (Lipinski definition) is 1. The van der Waals surface area contributed by atoms with Crippen LogP contribution in [0.15, 0.2) is 11.2 Å². The molecule has 0 bridgehead atoms. The SMILES string of the molecule is CN=C(NCCCOC1CCCCC1)N(C)Cc1cn(C)nc1C(C)C. The number of guanidine groups is 1. The minimum Gasteiger partial charge on any atom is -0.378 e. The second kappa shape index (κ2) is 10.6. The Bertz CT molecular complexity index is 561. The summed E-state index contributed by atoms with van der Waals surface area (Å²) in [4.78, 5) is 6.57. The van der Waals surface area contributed by atoms with Gasteiger partial charge in [0.05, 0.1) is 11.8 Å². The lowest BCUT2D eigenvalue weighted by Gasteiger charge is -2.23. The zero-order valence-corrected chi connectivity index (χ0v) is 17.3. The topological polar surface area (TPSA) is 54.7 Å². The molecule has 6 heteroatoms. The summed E-state index contributed by atoms with van der Waals surface area (Å²) in [6.07, 6.45) is 10.1. The summed E-state index contributed by atoms with van der Waals surface area (Å²) in [6, 6.07) is 0. The van der Waals surface area contributed by atoms with Gasteiger partial charge in [0, 0.05) is 52.6 Å². The van der Waals surface area contributed by atoms with Crippen molar-refractivity contribution < 1.29 is 4.74 Å². The fourth-order valence-corrected chi connectivity index (χ4v) is 3.63. The highest BCUT2D eigenvalue weighted by molar-refractivity contribution is 5.79. The Hall–Kier alpha value is -1.56. The minimum absolute atomic E-state index is 0.423. The quantitative estimate of drug-likeness (QED) is 0.437. The number of hydrogen-bond acceptors (Lipinski definition) is 3. The Balaban J connectivity index is 1.73. The molecule has 1 fully saturated rings. The first kappa shape index (κ1) is 20.7. The van der Waals surface area contributed by atoms with Gasteiger partial charge in [0.25, 0.3) is 0 Å². The number of ether oxygens (including phenoxy) is 1. The molecule has 1 aliphatic carbocycles. The molecule has 1 aromatic rings. The lowest BCUT2D eigenvalue weighted by Crippen LogP contribution is -2.39. The Kier molecular flexibility index (Phi) is 8.42. The molecule has 1 heterocycles. The molecule has 148 valence electrons. The molecule has 26 heavy (non-hydrogen) atoms. The van der Waals surface area contributed by atoms with Crippen molar-refractivity contribution in [2.45, 2.75) is 70.9 Å². The third-order valence-corrected chi connectivity index (χ3v) is 4.97. The molecule has 0 spiro atoms. The van der Waals surface area contributed by atoms with Gasteiger partial charge < -0.3 is 15.0 Å². The van der Waals surface area contributed by atoms with E-state index in [1.54, 1.807) is 0 Å². The molecule has 1 aliphatic rings. The Morgan fingerprint density at radius 2 is 2.12 bits per heavy atom. The van der Waals surface area contributed by atoms with Crippen LogP contribution in [0.5, 0.6) is 0 Å². The number of aryl methyl sites for hydroxylation is 1. The van der Waals surface area contributed by atoms with E-state index in [1.807, 2.05) is 18.8 Å². The number of rotatable bonds is 8. The average Bonchev–Trinajstić information content (AvgIpc) is 2.99. The van der Waals surface area contributed by atoms with Crippen LogP contribution in [0, 0.1) is 0 Å². The molecule has 2 rings (SSSR count). The molecule has 0 saturated heterocycles. The highest BCUT2D eigenvalue weighted by Gasteiger charge is 2.15. The van der Waals surface area contributed by atoms with Crippen molar-refractivity contribution in [3.8, 4) is 0 Å². The van der Waals surface area contributed by atoms with Crippen molar-refractivity contribution in [2.75, 3.05) is 27.2 Å². The maximum absolute atomic E-state index is 5.99. The van der Waals surface area contributed by atoms with E-state index in [0.717, 1.165) is 37.8 Å². The zero-order chi connectivity index (χ0) is 18.9. The molecular formula is C20H37N5O. The van der Waals surface area contributed by atoms with Crippen LogP contribution in [-0.4, -0.2) is 54.0 Å². The number of nitrogens with one attached hydrogen (secondary N) is 1. The van der Waals surface area contributed by atoms with Gasteiger partial charge in [-0.3, -0.25) is 9.67 Å². The largest absolute Gasteiger partial charge is 0.378 e. The number of aliphatic imine (C=N–C) groups is 1. The summed E-state index contributed by atoms with van der Waals surface area (Å²) in [5.74, 6) is 1.34. The van der Waals surface area contributed by atoms with Crippen LogP contribution < -0.4 is 5.32 Å². The Morgan fingerprint density at radius 1 is 1.38 bits per heavy atom. The molecule has 6 nitrogen and oxygen atoms in total. The van der Waals surface area contributed by atoms with E-state index in [1.165, 1.54) is 37.7 Å². The summed E-state index contributed by atoms with van der Waals surface area (Å²) in [5.41, 5.74) is 2.42. The van der Waals surface area contributed by atoms with E-state index in [2.05, 4.69) is 47.4 Å². The van der Waals surface area contributed by atoms with Crippen LogP contribution in [0.3, 0.4) is 0 Å². The van der Waals surface area contributed by atoms with Gasteiger partial charge in [-0.15, -0.1) is 0 Å². The van der Waals surface area contributed by atoms with Gasteiger partial charge >= 0.3 is 0 Å². The zero-order valence-electron chi connectivity index (χ0n) is 17.3. The van der Waals surface area contributed by atoms with Crippen molar-refractivity contribution in [1.82, 2.24) is 20.0 Å². The number of nitrogens with zero attached hydrogens (tertiary/aromatic N) is 4. The first-order chi connectivity index (χ1) is 12.5. The molecule has 0 radical (unpaired) electrons. The molecule has 1 N–H and O–H groups in total. The normalized spacial score (nSPS) is 16.3. The summed E-state index contributed by atoms with van der Waals surface area (Å²) < 4.78 is 7.89. The maximum atomic E-state index is 5.99. The predicted molar refractivity (Wildman–Crippen MR) is 108 cm³/mol. The van der Waals surface area contributed by atoms with Gasteiger partial charge in [-0.2, -0.15) is 5.10 Å². The highest BCUT2D eigenvalue weighted by Crippen LogP contribution is 2.20. The fraction of sp³-hybridized carbons (Fsp3) is 0.800. The van der Waals surface area contributed by atoms with Crippen LogP contribution in [-0.2, 0) is 18.3 Å². The van der Waals surface area contributed by atoms with Gasteiger partial charge in [0.15, 0.2) is 5.96 Å². The summed E-state index contributed by atoms with van der Waals surface area (Å²) in [5, 5.41) is 8.04. The van der Waals surface area contributed by atoms with Gasteiger partial charge in [-0.1, -0.05) is 33.1 Å². The monoisotopic (exact) mass is 363 g/mol. The van der Waals surface area contributed by atoms with E-state index in [4.69, 9.17) is 4.74 Å². The van der Waals surface area contributed by atoms with Gasteiger partial charge in [0.2, 0.25) is 0 Å². The van der Waals surface area contributed by atoms with Crippen molar-refractivity contribution in [3.63, 3.8) is 0 Å². The maximum Gasteiger partial charge on any atom is 0.193 e. The molecule has 0 aliphatic heterocycles. The second-order valence-corrected chi connectivity index (χ2v) is 7.68. The van der Waals surface area contributed by atoms with Crippen molar-refractivity contribution in [3.05, 3.63) is 17.5 Å². The van der Waals surface area contributed by atoms with Crippen LogP contribution in [0.2, 0.25) is 0 Å². The van der Waals surface area contributed by atoms with E-state index in [-0.39, 0.29) is 0 Å². The number of aromatic nitrogens is 2. The summed E-state index contributed by atoms with van der Waals surface area (Å²) in [7, 11) is 5.89. The molecule has 0 atom stereocenters. The Labute approximate surface area is 159 Å². The average molecular weight is 364 g/mol. The van der Waals surface area contributed by atoms with E-state index in [9.17, 15) is 0 Å². The first-order valence-electron chi connectivity index (χ1n) is 10.1. The van der Waals surface area contributed by atoms with Crippen molar-refractivity contribution >= 4 is 5.96 Å². The first-order valence-corrected chi connectivity index (χ1v) is 10.1. The highest BCUT2D eigenvalue weighted by atomic mass is 16.5. The van der Waals surface area contributed by atoms with E-state index < -0.39 is 0 Å². The standard InChI is InChI=1S/C20H37N5O/c1-16(2)19-17(15-25(5)23-19)14-24(4)20(21-3)22-12-9-13-26-18-10-7-6-8-11-18/h15-16,18H,6-14H2,1-5H3,(H,21,22). The van der Waals surface area contributed by atoms with Gasteiger partial charge in [-0.25, -0.2) is 0 Å². The fourth-order valence-electron chi connectivity index (χ4n) is 3.63. The minimum atomic E-state index is 0.423. The molecule has 0 unspecified atom stereocenters. The summed E-state index contributed by atoms with van der Waals surface area (Å²) in [6.45, 7) is 6.89. The lowest BCUT2D eigenvalue weighted by molar-refractivity contribution is 0.0276. The second-order valence-electron chi connectivity index (χ2n) is 7.68. The smallest absolute Gasteiger partial charge is 0.193 e. The van der Waals surface area contributed by atoms with E-state index in [0.29, 0.717) is 12.0 Å². The Morgan fingerprint density at radius 3 is 2.77 bits per heavy atom. The van der Waals surface area contributed by atoms with Crippen molar-refractivity contribution in [1.29, 1.82) is 0 Å². The van der Waals surface area contributed by atoms with Crippen molar-refractivity contribution in [2.24, 2.45) is 12.0 Å². The molecule has 1 aromatic heterocycles. The summed E-state index contributed by atoms with van der Waals surface area (Å²) >= 11 is 0. The van der Waals surface area contributed by atoms with Gasteiger partial charge in [0.1, 0.15) is 0 Å². The predicted octanol–water partition coefficient (Wildman–Crippen LogP) is 3.29. The van der Waals surface area contributed by atoms with Crippen LogP contribution in [0.25, 0.3) is 0 Å². The van der Waals surface area contributed by atoms with Crippen LogP contribution in [0.4, 0.5) is 0 Å². The van der Waals surface area contributed by atoms with Crippen LogP contribution in [0.1, 0.15) is 69.5 Å².